The number of carbonyl (C=O) groups is 1. The molecule has 0 aliphatic carbocycles. The number of rotatable bonds is 2. The normalized spacial score (nSPS) is 21.5. The summed E-state index contributed by atoms with van der Waals surface area (Å²) in [5.74, 6) is -0.00179. The second-order valence-electron chi connectivity index (χ2n) is 3.99. The lowest BCUT2D eigenvalue weighted by atomic mass is 9.96. The molecule has 82 valence electrons. The zero-order chi connectivity index (χ0) is 10.8. The number of nitrogens with one attached hydrogen (secondary N) is 1. The number of nitrogens with two attached hydrogens (primary N) is 1. The highest BCUT2D eigenvalue weighted by molar-refractivity contribution is 5.91. The van der Waals surface area contributed by atoms with Crippen molar-refractivity contribution in [3.63, 3.8) is 0 Å². The van der Waals surface area contributed by atoms with Gasteiger partial charge in [0.2, 0.25) is 0 Å². The average Bonchev–Trinajstić information content (AvgIpc) is 2.62. The minimum absolute atomic E-state index is 0.415. The number of amides is 1. The smallest absolute Gasteiger partial charge is 0.266 e. The van der Waals surface area contributed by atoms with Gasteiger partial charge in [-0.3, -0.25) is 9.48 Å². The molecule has 2 rings (SSSR count). The third kappa shape index (κ3) is 2.02. The molecule has 0 aromatic carbocycles. The van der Waals surface area contributed by atoms with Crippen molar-refractivity contribution in [2.45, 2.75) is 18.8 Å². The van der Waals surface area contributed by atoms with E-state index in [1.807, 2.05) is 0 Å². The number of piperidine rings is 1. The van der Waals surface area contributed by atoms with Gasteiger partial charge in [-0.2, -0.15) is 5.10 Å². The molecular formula is C10H16N4O. The molecule has 0 unspecified atom stereocenters. The van der Waals surface area contributed by atoms with Crippen LogP contribution in [0.5, 0.6) is 0 Å². The number of hydrogen-bond donors (Lipinski definition) is 2. The van der Waals surface area contributed by atoms with Crippen LogP contribution in [0.25, 0.3) is 0 Å². The number of hydrogen-bond acceptors (Lipinski definition) is 3. The molecule has 1 aromatic heterocycles. The first-order valence-corrected chi connectivity index (χ1v) is 5.23. The monoisotopic (exact) mass is 208 g/mol. The van der Waals surface area contributed by atoms with E-state index in [4.69, 9.17) is 5.73 Å². The molecule has 15 heavy (non-hydrogen) atoms. The zero-order valence-electron chi connectivity index (χ0n) is 8.86. The first-order valence-electron chi connectivity index (χ1n) is 5.23. The van der Waals surface area contributed by atoms with Crippen molar-refractivity contribution >= 4 is 5.91 Å². The van der Waals surface area contributed by atoms with Crippen molar-refractivity contribution in [2.75, 3.05) is 13.1 Å². The van der Waals surface area contributed by atoms with Crippen molar-refractivity contribution in [3.8, 4) is 0 Å². The van der Waals surface area contributed by atoms with Gasteiger partial charge in [0.15, 0.2) is 0 Å². The SMILES string of the molecule is Cn1nc([C@@H]2CCCNC2)cc1C(N)=O. The highest BCUT2D eigenvalue weighted by Gasteiger charge is 2.20. The fraction of sp³-hybridized carbons (Fsp3) is 0.600. The van der Waals surface area contributed by atoms with Crippen molar-refractivity contribution < 1.29 is 4.79 Å². The third-order valence-electron chi connectivity index (χ3n) is 2.87. The Kier molecular flexibility index (Phi) is 2.73. The van der Waals surface area contributed by atoms with E-state index in [1.54, 1.807) is 17.8 Å². The first kappa shape index (κ1) is 10.2. The van der Waals surface area contributed by atoms with Gasteiger partial charge in [0.1, 0.15) is 5.69 Å². The summed E-state index contributed by atoms with van der Waals surface area (Å²) >= 11 is 0. The number of aromatic nitrogens is 2. The molecule has 5 heteroatoms. The molecular weight excluding hydrogens is 192 g/mol. The summed E-state index contributed by atoms with van der Waals surface area (Å²) in [6.45, 7) is 2.02. The zero-order valence-corrected chi connectivity index (χ0v) is 8.86. The van der Waals surface area contributed by atoms with E-state index in [0.717, 1.165) is 31.6 Å². The molecule has 1 saturated heterocycles. The van der Waals surface area contributed by atoms with E-state index in [9.17, 15) is 4.79 Å². The van der Waals surface area contributed by atoms with Gasteiger partial charge >= 0.3 is 0 Å². The van der Waals surface area contributed by atoms with Crippen molar-refractivity contribution in [1.82, 2.24) is 15.1 Å². The lowest BCUT2D eigenvalue weighted by Gasteiger charge is -2.20. The predicted octanol–water partition coefficient (Wildman–Crippen LogP) is -0.0140. The summed E-state index contributed by atoms with van der Waals surface area (Å²) in [4.78, 5) is 11.1. The van der Waals surface area contributed by atoms with Gasteiger partial charge in [-0.15, -0.1) is 0 Å². The van der Waals surface area contributed by atoms with E-state index in [0.29, 0.717) is 11.6 Å². The third-order valence-corrected chi connectivity index (χ3v) is 2.87. The average molecular weight is 208 g/mol. The summed E-state index contributed by atoms with van der Waals surface area (Å²) < 4.78 is 1.56. The summed E-state index contributed by atoms with van der Waals surface area (Å²) in [7, 11) is 1.75. The molecule has 2 heterocycles. The van der Waals surface area contributed by atoms with Crippen molar-refractivity contribution in [1.29, 1.82) is 0 Å². The minimum Gasteiger partial charge on any atom is -0.364 e. The van der Waals surface area contributed by atoms with Gasteiger partial charge in [-0.1, -0.05) is 0 Å². The minimum atomic E-state index is -0.417. The molecule has 1 amide bonds. The topological polar surface area (TPSA) is 72.9 Å². The Morgan fingerprint density at radius 1 is 1.73 bits per heavy atom. The van der Waals surface area contributed by atoms with Crippen molar-refractivity contribution in [3.05, 3.63) is 17.5 Å². The summed E-state index contributed by atoms with van der Waals surface area (Å²) in [5, 5.41) is 7.66. The van der Waals surface area contributed by atoms with Gasteiger partial charge in [-0.05, 0) is 25.5 Å². The van der Waals surface area contributed by atoms with Crippen LogP contribution in [0.1, 0.15) is 34.9 Å². The maximum Gasteiger partial charge on any atom is 0.266 e. The molecule has 1 atom stereocenters. The number of carbonyl (C=O) groups excluding carboxylic acids is 1. The Morgan fingerprint density at radius 2 is 2.53 bits per heavy atom. The summed E-state index contributed by atoms with van der Waals surface area (Å²) in [6, 6.07) is 1.81. The van der Waals surface area contributed by atoms with Crippen molar-refractivity contribution in [2.24, 2.45) is 12.8 Å². The molecule has 1 fully saturated rings. The number of primary amides is 1. The van der Waals surface area contributed by atoms with E-state index in [2.05, 4.69) is 10.4 Å². The second kappa shape index (κ2) is 4.02. The Labute approximate surface area is 88.6 Å². The van der Waals surface area contributed by atoms with Crippen LogP contribution in [0.4, 0.5) is 0 Å². The van der Waals surface area contributed by atoms with Crippen LogP contribution in [0.15, 0.2) is 6.07 Å². The maximum atomic E-state index is 11.1. The molecule has 1 aliphatic heterocycles. The molecule has 5 nitrogen and oxygen atoms in total. The highest BCUT2D eigenvalue weighted by Crippen LogP contribution is 2.22. The maximum absolute atomic E-state index is 11.1. The number of aryl methyl sites for hydroxylation is 1. The second-order valence-corrected chi connectivity index (χ2v) is 3.99. The largest absolute Gasteiger partial charge is 0.364 e. The Balaban J connectivity index is 2.21. The first-order chi connectivity index (χ1) is 7.18. The van der Waals surface area contributed by atoms with Gasteiger partial charge in [-0.25, -0.2) is 0 Å². The standard InChI is InChI=1S/C10H16N4O/c1-14-9(10(11)15)5-8(13-14)7-3-2-4-12-6-7/h5,7,12H,2-4,6H2,1H3,(H2,11,15)/t7-/m1/s1. The Hall–Kier alpha value is -1.36. The molecule has 0 radical (unpaired) electrons. The Morgan fingerprint density at radius 3 is 3.07 bits per heavy atom. The predicted molar refractivity (Wildman–Crippen MR) is 56.6 cm³/mol. The van der Waals surface area contributed by atoms with E-state index in [1.165, 1.54) is 0 Å². The quantitative estimate of drug-likeness (QED) is 0.717. The van der Waals surface area contributed by atoms with Gasteiger partial charge < -0.3 is 11.1 Å². The summed E-state index contributed by atoms with van der Waals surface area (Å²) in [5.41, 5.74) is 6.69. The van der Waals surface area contributed by atoms with Crippen LogP contribution in [0, 0.1) is 0 Å². The van der Waals surface area contributed by atoms with Crippen LogP contribution in [-0.2, 0) is 7.05 Å². The van der Waals surface area contributed by atoms with Crippen LogP contribution in [-0.4, -0.2) is 28.8 Å². The van der Waals surface area contributed by atoms with E-state index >= 15 is 0 Å². The molecule has 0 saturated carbocycles. The fourth-order valence-corrected chi connectivity index (χ4v) is 2.02. The van der Waals surface area contributed by atoms with Gasteiger partial charge in [0.05, 0.1) is 5.69 Å². The highest BCUT2D eigenvalue weighted by atomic mass is 16.1. The van der Waals surface area contributed by atoms with Gasteiger partial charge in [0, 0.05) is 19.5 Å². The molecule has 1 aromatic rings. The molecule has 0 bridgehead atoms. The number of nitrogens with zero attached hydrogens (tertiary/aromatic N) is 2. The molecule has 3 N–H and O–H groups in total. The van der Waals surface area contributed by atoms with Crippen LogP contribution in [0.3, 0.4) is 0 Å². The van der Waals surface area contributed by atoms with Crippen LogP contribution >= 0.6 is 0 Å². The summed E-state index contributed by atoms with van der Waals surface area (Å²) in [6.07, 6.45) is 2.29. The lowest BCUT2D eigenvalue weighted by Crippen LogP contribution is -2.28. The Bertz CT molecular complexity index is 365. The van der Waals surface area contributed by atoms with Crippen LogP contribution < -0.4 is 11.1 Å². The molecule has 1 aliphatic rings. The fourth-order valence-electron chi connectivity index (χ4n) is 2.02. The lowest BCUT2D eigenvalue weighted by molar-refractivity contribution is 0.0991. The van der Waals surface area contributed by atoms with E-state index < -0.39 is 5.91 Å². The van der Waals surface area contributed by atoms with E-state index in [-0.39, 0.29) is 0 Å². The van der Waals surface area contributed by atoms with Crippen LogP contribution in [0.2, 0.25) is 0 Å². The van der Waals surface area contributed by atoms with Gasteiger partial charge in [0.25, 0.3) is 5.91 Å². The molecule has 0 spiro atoms.